The van der Waals surface area contributed by atoms with E-state index in [0.29, 0.717) is 17.0 Å². The number of hydrogen-bond donors (Lipinski definition) is 1. The van der Waals surface area contributed by atoms with E-state index in [0.717, 1.165) is 11.3 Å². The van der Waals surface area contributed by atoms with Crippen molar-refractivity contribution in [2.75, 3.05) is 7.05 Å². The first-order valence-electron chi connectivity index (χ1n) is 6.14. The molecule has 19 heavy (non-hydrogen) atoms. The highest BCUT2D eigenvalue weighted by molar-refractivity contribution is 6.31. The van der Waals surface area contributed by atoms with Crippen LogP contribution >= 0.6 is 11.6 Å². The molecule has 1 atom stereocenters. The Kier molecular flexibility index (Phi) is 4.51. The lowest BCUT2D eigenvalue weighted by Crippen LogP contribution is -2.19. The molecule has 0 fully saturated rings. The molecule has 100 valence electrons. The third-order valence-corrected chi connectivity index (χ3v) is 3.51. The minimum absolute atomic E-state index is 0.0116. The van der Waals surface area contributed by atoms with Crippen LogP contribution in [0.3, 0.4) is 0 Å². The molecule has 1 aromatic carbocycles. The molecule has 0 bridgehead atoms. The maximum absolute atomic E-state index is 13.8. The number of nitrogens with one attached hydrogen (secondary N) is 1. The lowest BCUT2D eigenvalue weighted by atomic mass is 9.99. The maximum Gasteiger partial charge on any atom is 0.127 e. The van der Waals surface area contributed by atoms with E-state index in [1.165, 1.54) is 6.07 Å². The standard InChI is InChI=1S/C15H16ClFN2/c1-10-6-7-11(9-19-10)15(18-2)8-12-13(16)4-3-5-14(12)17/h3-7,9,15,18H,8H2,1-2H3. The van der Waals surface area contributed by atoms with Crippen molar-refractivity contribution in [3.05, 3.63) is 64.2 Å². The first-order valence-corrected chi connectivity index (χ1v) is 6.52. The second kappa shape index (κ2) is 6.13. The fraction of sp³-hybridized carbons (Fsp3) is 0.267. The SMILES string of the molecule is CNC(Cc1c(F)cccc1Cl)c1ccc(C)nc1. The lowest BCUT2D eigenvalue weighted by molar-refractivity contribution is 0.553. The average Bonchev–Trinajstić information content (AvgIpc) is 2.40. The van der Waals surface area contributed by atoms with Gasteiger partial charge in [-0.3, -0.25) is 4.98 Å². The fourth-order valence-corrected chi connectivity index (χ4v) is 2.24. The van der Waals surface area contributed by atoms with Crippen LogP contribution in [-0.2, 0) is 6.42 Å². The fourth-order valence-electron chi connectivity index (χ4n) is 2.00. The third-order valence-electron chi connectivity index (χ3n) is 3.16. The normalized spacial score (nSPS) is 12.4. The molecule has 0 saturated heterocycles. The molecule has 1 unspecified atom stereocenters. The Balaban J connectivity index is 2.26. The molecule has 1 aromatic heterocycles. The van der Waals surface area contributed by atoms with Crippen LogP contribution in [0.15, 0.2) is 36.5 Å². The predicted molar refractivity (Wildman–Crippen MR) is 75.9 cm³/mol. The quantitative estimate of drug-likeness (QED) is 0.923. The molecule has 0 aliphatic carbocycles. The Morgan fingerprint density at radius 1 is 1.32 bits per heavy atom. The van der Waals surface area contributed by atoms with E-state index in [-0.39, 0.29) is 11.9 Å². The summed E-state index contributed by atoms with van der Waals surface area (Å²) in [7, 11) is 1.85. The van der Waals surface area contributed by atoms with Crippen LogP contribution in [0.1, 0.15) is 22.9 Å². The van der Waals surface area contributed by atoms with Crippen LogP contribution in [-0.4, -0.2) is 12.0 Å². The van der Waals surface area contributed by atoms with Gasteiger partial charge in [-0.1, -0.05) is 23.7 Å². The molecule has 0 amide bonds. The summed E-state index contributed by atoms with van der Waals surface area (Å²) in [6, 6.07) is 8.69. The van der Waals surface area contributed by atoms with Crippen LogP contribution in [0.25, 0.3) is 0 Å². The number of likely N-dealkylation sites (N-methyl/N-ethyl adjacent to an activating group) is 1. The van der Waals surface area contributed by atoms with Gasteiger partial charge in [0.2, 0.25) is 0 Å². The summed E-state index contributed by atoms with van der Waals surface area (Å²) in [6.45, 7) is 1.94. The Labute approximate surface area is 117 Å². The van der Waals surface area contributed by atoms with E-state index in [9.17, 15) is 4.39 Å². The van der Waals surface area contributed by atoms with Crippen molar-refractivity contribution in [1.29, 1.82) is 0 Å². The summed E-state index contributed by atoms with van der Waals surface area (Å²) in [4.78, 5) is 4.27. The zero-order valence-corrected chi connectivity index (χ0v) is 11.7. The molecule has 2 rings (SSSR count). The van der Waals surface area contributed by atoms with Crippen LogP contribution in [0.4, 0.5) is 4.39 Å². The highest BCUT2D eigenvalue weighted by Crippen LogP contribution is 2.25. The van der Waals surface area contributed by atoms with Crippen molar-refractivity contribution < 1.29 is 4.39 Å². The number of pyridine rings is 1. The molecule has 2 nitrogen and oxygen atoms in total. The second-order valence-electron chi connectivity index (χ2n) is 4.48. The zero-order chi connectivity index (χ0) is 13.8. The van der Waals surface area contributed by atoms with E-state index in [1.807, 2.05) is 32.3 Å². The van der Waals surface area contributed by atoms with Gasteiger partial charge in [0.25, 0.3) is 0 Å². The number of hydrogen-bond acceptors (Lipinski definition) is 2. The van der Waals surface area contributed by atoms with Crippen molar-refractivity contribution >= 4 is 11.6 Å². The number of benzene rings is 1. The van der Waals surface area contributed by atoms with Gasteiger partial charge in [0.05, 0.1) is 0 Å². The maximum atomic E-state index is 13.8. The average molecular weight is 279 g/mol. The highest BCUT2D eigenvalue weighted by atomic mass is 35.5. The van der Waals surface area contributed by atoms with Crippen LogP contribution < -0.4 is 5.32 Å². The Morgan fingerprint density at radius 2 is 2.11 bits per heavy atom. The summed E-state index contributed by atoms with van der Waals surface area (Å²) >= 11 is 6.06. The second-order valence-corrected chi connectivity index (χ2v) is 4.89. The van der Waals surface area contributed by atoms with Gasteiger partial charge in [0.1, 0.15) is 5.82 Å². The van der Waals surface area contributed by atoms with Crippen LogP contribution in [0.5, 0.6) is 0 Å². The van der Waals surface area contributed by atoms with Gasteiger partial charge in [-0.25, -0.2) is 4.39 Å². The molecule has 0 saturated carbocycles. The molecule has 0 spiro atoms. The number of aryl methyl sites for hydroxylation is 1. The van der Waals surface area contributed by atoms with E-state index in [2.05, 4.69) is 10.3 Å². The number of halogens is 2. The Hall–Kier alpha value is -1.45. The van der Waals surface area contributed by atoms with E-state index in [4.69, 9.17) is 11.6 Å². The van der Waals surface area contributed by atoms with E-state index >= 15 is 0 Å². The van der Waals surface area contributed by atoms with Crippen LogP contribution in [0, 0.1) is 12.7 Å². The van der Waals surface area contributed by atoms with Gasteiger partial charge in [-0.05, 0) is 44.2 Å². The summed E-state index contributed by atoms with van der Waals surface area (Å²) in [5.74, 6) is -0.271. The molecular weight excluding hydrogens is 263 g/mol. The molecule has 0 radical (unpaired) electrons. The van der Waals surface area contributed by atoms with Gasteiger partial charge >= 0.3 is 0 Å². The molecule has 0 aliphatic heterocycles. The van der Waals surface area contributed by atoms with Gasteiger partial charge in [-0.15, -0.1) is 0 Å². The molecular formula is C15H16ClFN2. The first-order chi connectivity index (χ1) is 9.11. The lowest BCUT2D eigenvalue weighted by Gasteiger charge is -2.17. The Morgan fingerprint density at radius 3 is 2.68 bits per heavy atom. The predicted octanol–water partition coefficient (Wildman–Crippen LogP) is 3.69. The van der Waals surface area contributed by atoms with Gasteiger partial charge < -0.3 is 5.32 Å². The topological polar surface area (TPSA) is 24.9 Å². The van der Waals surface area contributed by atoms with Crippen molar-refractivity contribution in [1.82, 2.24) is 10.3 Å². The number of nitrogens with zero attached hydrogens (tertiary/aromatic N) is 1. The smallest absolute Gasteiger partial charge is 0.127 e. The summed E-state index contributed by atoms with van der Waals surface area (Å²) in [5, 5.41) is 3.63. The van der Waals surface area contributed by atoms with Crippen molar-refractivity contribution in [2.24, 2.45) is 0 Å². The van der Waals surface area contributed by atoms with Crippen molar-refractivity contribution in [2.45, 2.75) is 19.4 Å². The minimum atomic E-state index is -0.271. The molecule has 0 aliphatic rings. The zero-order valence-electron chi connectivity index (χ0n) is 11.0. The first kappa shape index (κ1) is 14.0. The van der Waals surface area contributed by atoms with Crippen molar-refractivity contribution in [3.63, 3.8) is 0 Å². The number of aromatic nitrogens is 1. The van der Waals surface area contributed by atoms with Gasteiger partial charge in [0.15, 0.2) is 0 Å². The molecule has 4 heteroatoms. The monoisotopic (exact) mass is 278 g/mol. The summed E-state index contributed by atoms with van der Waals surface area (Å²) in [6.07, 6.45) is 2.30. The van der Waals surface area contributed by atoms with E-state index < -0.39 is 0 Å². The van der Waals surface area contributed by atoms with Gasteiger partial charge in [-0.2, -0.15) is 0 Å². The molecule has 1 N–H and O–H groups in total. The molecule has 2 aromatic rings. The minimum Gasteiger partial charge on any atom is -0.313 e. The third kappa shape index (κ3) is 3.31. The Bertz CT molecular complexity index is 534. The highest BCUT2D eigenvalue weighted by Gasteiger charge is 2.15. The van der Waals surface area contributed by atoms with E-state index in [1.54, 1.807) is 12.1 Å². The van der Waals surface area contributed by atoms with Gasteiger partial charge in [0, 0.05) is 28.5 Å². The molecule has 1 heterocycles. The largest absolute Gasteiger partial charge is 0.313 e. The van der Waals surface area contributed by atoms with Crippen molar-refractivity contribution in [3.8, 4) is 0 Å². The number of rotatable bonds is 4. The van der Waals surface area contributed by atoms with Crippen LogP contribution in [0.2, 0.25) is 5.02 Å². The summed E-state index contributed by atoms with van der Waals surface area (Å²) in [5.41, 5.74) is 2.51. The summed E-state index contributed by atoms with van der Waals surface area (Å²) < 4.78 is 13.8.